The fraction of sp³-hybridized carbons (Fsp3) is 0.565. The van der Waals surface area contributed by atoms with E-state index in [0.29, 0.717) is 39.2 Å². The minimum atomic E-state index is 0.0889. The Balaban J connectivity index is 1.76. The van der Waals surface area contributed by atoms with Crippen LogP contribution >= 0.6 is 0 Å². The van der Waals surface area contributed by atoms with Crippen molar-refractivity contribution in [2.24, 2.45) is 11.8 Å². The highest BCUT2D eigenvalue weighted by atomic mass is 16.5. The number of hydrogen-bond acceptors (Lipinski definition) is 4. The number of benzene rings is 1. The Morgan fingerprint density at radius 3 is 2.86 bits per heavy atom. The molecule has 6 heteroatoms. The van der Waals surface area contributed by atoms with Crippen molar-refractivity contribution < 1.29 is 14.3 Å². The summed E-state index contributed by atoms with van der Waals surface area (Å²) >= 11 is 0. The van der Waals surface area contributed by atoms with Crippen molar-refractivity contribution in [3.05, 3.63) is 42.0 Å². The average molecular weight is 400 g/mol. The number of nitrogens with one attached hydrogen (secondary N) is 1. The first-order valence-electron chi connectivity index (χ1n) is 10.6. The Kier molecular flexibility index (Phi) is 7.31. The number of fused-ring (bicyclic) bond motifs is 3. The number of ether oxygens (including phenoxy) is 1. The lowest BCUT2D eigenvalue weighted by Crippen LogP contribution is -2.47. The molecule has 0 aromatic heterocycles. The average Bonchev–Trinajstić information content (AvgIpc) is 2.66. The molecule has 1 aromatic carbocycles. The second kappa shape index (κ2) is 9.92. The summed E-state index contributed by atoms with van der Waals surface area (Å²) in [5.74, 6) is 1.49. The van der Waals surface area contributed by atoms with E-state index in [9.17, 15) is 9.59 Å². The fourth-order valence-electron chi connectivity index (χ4n) is 4.17. The summed E-state index contributed by atoms with van der Waals surface area (Å²) in [6.07, 6.45) is 5.51. The molecule has 0 radical (unpaired) electrons. The van der Waals surface area contributed by atoms with Gasteiger partial charge in [-0.15, -0.1) is 0 Å². The third kappa shape index (κ3) is 6.07. The van der Waals surface area contributed by atoms with Crippen molar-refractivity contribution in [1.29, 1.82) is 0 Å². The number of hydrogen-bond donors (Lipinski definition) is 1. The molecule has 6 nitrogen and oxygen atoms in total. The molecule has 3 rings (SSSR count). The van der Waals surface area contributed by atoms with Gasteiger partial charge in [0.2, 0.25) is 11.8 Å². The lowest BCUT2D eigenvalue weighted by atomic mass is 9.82. The number of amides is 2. The van der Waals surface area contributed by atoms with Crippen LogP contribution in [0.3, 0.4) is 0 Å². The number of likely N-dealkylation sites (N-methyl/N-ethyl adjacent to an activating group) is 1. The Morgan fingerprint density at radius 1 is 1.28 bits per heavy atom. The van der Waals surface area contributed by atoms with Gasteiger partial charge in [-0.3, -0.25) is 14.5 Å². The molecular weight excluding hydrogens is 366 g/mol. The van der Waals surface area contributed by atoms with Gasteiger partial charge >= 0.3 is 0 Å². The predicted octanol–water partition coefficient (Wildman–Crippen LogP) is 2.45. The molecule has 0 aliphatic carbocycles. The number of para-hydroxylation sites is 1. The van der Waals surface area contributed by atoms with Crippen LogP contribution in [0.1, 0.15) is 32.3 Å². The van der Waals surface area contributed by atoms with Gasteiger partial charge < -0.3 is 15.0 Å². The standard InChI is InChI=1S/C23H33N3O3/c1-17(2)24-22(27)13-18-10-11-26-15-19(18)8-6-12-29-21-9-5-4-7-20(21)14-25(3)16-23(26)28/h4-9,17-19H,10-16H2,1-3H3,(H,24,27)/b8-6-/t18-,19-/m0/s1. The van der Waals surface area contributed by atoms with Crippen LogP contribution in [0.25, 0.3) is 0 Å². The van der Waals surface area contributed by atoms with E-state index in [-0.39, 0.29) is 29.7 Å². The number of carbonyl (C=O) groups is 2. The van der Waals surface area contributed by atoms with Crippen LogP contribution in [0.4, 0.5) is 0 Å². The van der Waals surface area contributed by atoms with Crippen molar-refractivity contribution in [3.63, 3.8) is 0 Å². The highest BCUT2D eigenvalue weighted by molar-refractivity contribution is 5.79. The molecule has 158 valence electrons. The van der Waals surface area contributed by atoms with Crippen molar-refractivity contribution in [2.75, 3.05) is 33.3 Å². The second-order valence-corrected chi connectivity index (χ2v) is 8.50. The molecule has 1 saturated heterocycles. The smallest absolute Gasteiger partial charge is 0.236 e. The zero-order valence-corrected chi connectivity index (χ0v) is 17.8. The van der Waals surface area contributed by atoms with Crippen LogP contribution in [0.2, 0.25) is 0 Å². The van der Waals surface area contributed by atoms with Gasteiger partial charge in [-0.05, 0) is 45.2 Å². The third-order valence-corrected chi connectivity index (χ3v) is 5.59. The summed E-state index contributed by atoms with van der Waals surface area (Å²) in [4.78, 5) is 29.2. The van der Waals surface area contributed by atoms with E-state index in [4.69, 9.17) is 4.74 Å². The van der Waals surface area contributed by atoms with Gasteiger partial charge in [-0.2, -0.15) is 0 Å². The fourth-order valence-corrected chi connectivity index (χ4v) is 4.17. The highest BCUT2D eigenvalue weighted by Gasteiger charge is 2.31. The first kappa shape index (κ1) is 21.4. The number of nitrogens with zero attached hydrogens (tertiary/aromatic N) is 2. The molecule has 2 heterocycles. The van der Waals surface area contributed by atoms with E-state index in [1.807, 2.05) is 61.0 Å². The monoisotopic (exact) mass is 399 g/mol. The first-order chi connectivity index (χ1) is 13.9. The Hall–Kier alpha value is -2.34. The molecule has 0 spiro atoms. The van der Waals surface area contributed by atoms with Gasteiger partial charge in [-0.25, -0.2) is 0 Å². The van der Waals surface area contributed by atoms with E-state index in [1.54, 1.807) is 0 Å². The van der Waals surface area contributed by atoms with Crippen LogP contribution < -0.4 is 10.1 Å². The molecule has 2 aliphatic rings. The zero-order valence-electron chi connectivity index (χ0n) is 17.8. The summed E-state index contributed by atoms with van der Waals surface area (Å²) in [7, 11) is 1.97. The molecule has 2 amide bonds. The zero-order chi connectivity index (χ0) is 20.8. The summed E-state index contributed by atoms with van der Waals surface area (Å²) in [5.41, 5.74) is 1.08. The van der Waals surface area contributed by atoms with E-state index in [0.717, 1.165) is 17.7 Å². The van der Waals surface area contributed by atoms with Crippen LogP contribution in [-0.2, 0) is 16.1 Å². The van der Waals surface area contributed by atoms with Gasteiger partial charge in [0.05, 0.1) is 6.54 Å². The van der Waals surface area contributed by atoms with Crippen LogP contribution in [0, 0.1) is 11.8 Å². The van der Waals surface area contributed by atoms with E-state index >= 15 is 0 Å². The van der Waals surface area contributed by atoms with Gasteiger partial charge in [0.25, 0.3) is 0 Å². The highest BCUT2D eigenvalue weighted by Crippen LogP contribution is 2.29. The van der Waals surface area contributed by atoms with E-state index in [1.165, 1.54) is 0 Å². The molecule has 2 bridgehead atoms. The summed E-state index contributed by atoms with van der Waals surface area (Å²) in [5, 5.41) is 2.99. The van der Waals surface area contributed by atoms with Crippen LogP contribution in [0.5, 0.6) is 5.75 Å². The maximum Gasteiger partial charge on any atom is 0.236 e. The molecular formula is C23H33N3O3. The molecule has 2 atom stereocenters. The van der Waals surface area contributed by atoms with Gasteiger partial charge in [0.1, 0.15) is 12.4 Å². The summed E-state index contributed by atoms with van der Waals surface area (Å²) < 4.78 is 5.99. The lowest BCUT2D eigenvalue weighted by Gasteiger charge is -2.38. The summed E-state index contributed by atoms with van der Waals surface area (Å²) in [6, 6.07) is 8.12. The summed E-state index contributed by atoms with van der Waals surface area (Å²) in [6.45, 7) is 6.85. The maximum atomic E-state index is 12.9. The minimum absolute atomic E-state index is 0.0889. The van der Waals surface area contributed by atoms with Crippen LogP contribution in [-0.4, -0.2) is 60.9 Å². The number of rotatable bonds is 3. The van der Waals surface area contributed by atoms with Crippen molar-refractivity contribution in [3.8, 4) is 5.75 Å². The third-order valence-electron chi connectivity index (χ3n) is 5.59. The molecule has 1 N–H and O–H groups in total. The Morgan fingerprint density at radius 2 is 2.07 bits per heavy atom. The molecule has 1 aromatic rings. The van der Waals surface area contributed by atoms with Gasteiger partial charge in [0, 0.05) is 37.7 Å². The molecule has 0 saturated carbocycles. The Bertz CT molecular complexity index is 747. The van der Waals surface area contributed by atoms with E-state index < -0.39 is 0 Å². The van der Waals surface area contributed by atoms with Crippen molar-refractivity contribution in [1.82, 2.24) is 15.1 Å². The minimum Gasteiger partial charge on any atom is -0.489 e. The Labute approximate surface area is 173 Å². The van der Waals surface area contributed by atoms with Crippen molar-refractivity contribution in [2.45, 2.75) is 39.3 Å². The SMILES string of the molecule is CC(C)NC(=O)C[C@@H]1CCN2C[C@@H]1/C=C\COc1ccccc1CN(C)CC2=O. The number of piperidine rings is 1. The largest absolute Gasteiger partial charge is 0.489 e. The van der Waals surface area contributed by atoms with Gasteiger partial charge in [0.15, 0.2) is 0 Å². The molecule has 29 heavy (non-hydrogen) atoms. The van der Waals surface area contributed by atoms with Crippen molar-refractivity contribution >= 4 is 11.8 Å². The van der Waals surface area contributed by atoms with Crippen LogP contribution in [0.15, 0.2) is 36.4 Å². The molecule has 0 unspecified atom stereocenters. The first-order valence-corrected chi connectivity index (χ1v) is 10.6. The maximum absolute atomic E-state index is 12.9. The second-order valence-electron chi connectivity index (χ2n) is 8.50. The predicted molar refractivity (Wildman–Crippen MR) is 113 cm³/mol. The van der Waals surface area contributed by atoms with Gasteiger partial charge in [-0.1, -0.05) is 30.4 Å². The van der Waals surface area contributed by atoms with E-state index in [2.05, 4.69) is 11.4 Å². The topological polar surface area (TPSA) is 61.9 Å². The molecule has 2 aliphatic heterocycles. The quantitative estimate of drug-likeness (QED) is 0.793. The lowest BCUT2D eigenvalue weighted by molar-refractivity contribution is -0.134. The normalized spacial score (nSPS) is 24.6. The molecule has 1 fully saturated rings. The number of carbonyl (C=O) groups excluding carboxylic acids is 2.